The smallest absolute Gasteiger partial charge is 0.323 e. The zero-order valence-electron chi connectivity index (χ0n) is 10.2. The van der Waals surface area contributed by atoms with Gasteiger partial charge in [-0.1, -0.05) is 6.07 Å². The van der Waals surface area contributed by atoms with Crippen LogP contribution in [0.25, 0.3) is 0 Å². The summed E-state index contributed by atoms with van der Waals surface area (Å²) in [5.41, 5.74) is 2.43. The molecular weight excluding hydrogens is 218 g/mol. The van der Waals surface area contributed by atoms with Gasteiger partial charge in [0, 0.05) is 0 Å². The van der Waals surface area contributed by atoms with Crippen LogP contribution in [-0.2, 0) is 22.4 Å². The minimum Gasteiger partial charge on any atom is -0.497 e. The third-order valence-electron chi connectivity index (χ3n) is 3.11. The number of carbonyl (C=O) groups excluding carboxylic acids is 1. The number of hydrogen-bond donors (Lipinski definition) is 1. The summed E-state index contributed by atoms with van der Waals surface area (Å²) in [6, 6.07) is 5.75. The van der Waals surface area contributed by atoms with Crippen LogP contribution in [-0.4, -0.2) is 32.8 Å². The zero-order chi connectivity index (χ0) is 12.3. The molecule has 1 heterocycles. The first kappa shape index (κ1) is 11.9. The van der Waals surface area contributed by atoms with Crippen LogP contribution in [0.3, 0.4) is 0 Å². The molecule has 4 nitrogen and oxygen atoms in total. The van der Waals surface area contributed by atoms with Crippen molar-refractivity contribution in [3.63, 3.8) is 0 Å². The van der Waals surface area contributed by atoms with E-state index in [1.807, 2.05) is 18.2 Å². The van der Waals surface area contributed by atoms with E-state index >= 15 is 0 Å². The molecule has 1 aliphatic heterocycles. The Kier molecular flexibility index (Phi) is 3.64. The molecule has 0 saturated carbocycles. The van der Waals surface area contributed by atoms with Crippen LogP contribution in [0.5, 0.6) is 5.75 Å². The van der Waals surface area contributed by atoms with Crippen molar-refractivity contribution in [2.75, 3.05) is 20.8 Å². The first-order chi connectivity index (χ1) is 8.24. The summed E-state index contributed by atoms with van der Waals surface area (Å²) in [6.07, 6.45) is 1.58. The summed E-state index contributed by atoms with van der Waals surface area (Å²) in [5, 5.41) is 3.20. The molecule has 0 aromatic heterocycles. The van der Waals surface area contributed by atoms with Crippen molar-refractivity contribution in [3.8, 4) is 5.75 Å². The van der Waals surface area contributed by atoms with Crippen LogP contribution in [0, 0.1) is 0 Å². The first-order valence-electron chi connectivity index (χ1n) is 5.71. The van der Waals surface area contributed by atoms with Gasteiger partial charge in [0.1, 0.15) is 11.8 Å². The molecule has 2 rings (SSSR count). The van der Waals surface area contributed by atoms with E-state index in [-0.39, 0.29) is 12.0 Å². The van der Waals surface area contributed by atoms with Crippen molar-refractivity contribution in [1.82, 2.24) is 5.32 Å². The van der Waals surface area contributed by atoms with E-state index in [1.165, 1.54) is 18.2 Å². The predicted octanol–water partition coefficient (Wildman–Crippen LogP) is 0.925. The lowest BCUT2D eigenvalue weighted by atomic mass is 10.00. The molecule has 1 aromatic rings. The number of rotatable bonds is 2. The number of methoxy groups -OCH3 is 2. The standard InChI is InChI=1S/C13H17NO3/c1-16-11-4-3-9-8-12(13(15)17-2)14-6-5-10(9)7-11/h3-4,7,12,14H,5-6,8H2,1-2H3. The highest BCUT2D eigenvalue weighted by atomic mass is 16.5. The summed E-state index contributed by atoms with van der Waals surface area (Å²) >= 11 is 0. The van der Waals surface area contributed by atoms with Crippen LogP contribution in [0.1, 0.15) is 11.1 Å². The molecule has 0 aliphatic carbocycles. The summed E-state index contributed by atoms with van der Waals surface area (Å²) in [7, 11) is 3.08. The molecule has 4 heteroatoms. The molecule has 17 heavy (non-hydrogen) atoms. The minimum absolute atomic E-state index is 0.200. The Morgan fingerprint density at radius 3 is 2.88 bits per heavy atom. The van der Waals surface area contributed by atoms with Crippen molar-refractivity contribution < 1.29 is 14.3 Å². The molecule has 0 fully saturated rings. The normalized spacial score (nSPS) is 19.1. The van der Waals surface area contributed by atoms with E-state index in [2.05, 4.69) is 5.32 Å². The molecule has 1 aliphatic rings. The van der Waals surface area contributed by atoms with Gasteiger partial charge in [0.25, 0.3) is 0 Å². The molecule has 0 amide bonds. The third-order valence-corrected chi connectivity index (χ3v) is 3.11. The number of ether oxygens (including phenoxy) is 2. The van der Waals surface area contributed by atoms with Gasteiger partial charge in [0.2, 0.25) is 0 Å². The van der Waals surface area contributed by atoms with Crippen molar-refractivity contribution >= 4 is 5.97 Å². The second-order valence-electron chi connectivity index (χ2n) is 4.12. The van der Waals surface area contributed by atoms with Crippen molar-refractivity contribution in [1.29, 1.82) is 0 Å². The number of fused-ring (bicyclic) bond motifs is 1. The number of nitrogens with one attached hydrogen (secondary N) is 1. The van der Waals surface area contributed by atoms with Gasteiger partial charge in [-0.2, -0.15) is 0 Å². The summed E-state index contributed by atoms with van der Waals surface area (Å²) in [6.45, 7) is 0.778. The van der Waals surface area contributed by atoms with E-state index in [0.29, 0.717) is 6.42 Å². The molecule has 0 spiro atoms. The van der Waals surface area contributed by atoms with Crippen LogP contribution >= 0.6 is 0 Å². The Labute approximate surface area is 101 Å². The molecule has 1 unspecified atom stereocenters. The third kappa shape index (κ3) is 2.58. The van der Waals surface area contributed by atoms with E-state index in [0.717, 1.165) is 18.7 Å². The van der Waals surface area contributed by atoms with Crippen molar-refractivity contribution in [3.05, 3.63) is 29.3 Å². The van der Waals surface area contributed by atoms with Gasteiger partial charge in [-0.25, -0.2) is 0 Å². The highest BCUT2D eigenvalue weighted by Gasteiger charge is 2.23. The Morgan fingerprint density at radius 2 is 2.18 bits per heavy atom. The average molecular weight is 235 g/mol. The Balaban J connectivity index is 2.23. The molecule has 1 aromatic carbocycles. The van der Waals surface area contributed by atoms with E-state index in [4.69, 9.17) is 9.47 Å². The summed E-state index contributed by atoms with van der Waals surface area (Å²) in [5.74, 6) is 0.661. The van der Waals surface area contributed by atoms with Gasteiger partial charge in [0.05, 0.1) is 14.2 Å². The molecule has 0 bridgehead atoms. The van der Waals surface area contributed by atoms with Gasteiger partial charge in [-0.05, 0) is 42.6 Å². The maximum absolute atomic E-state index is 11.5. The average Bonchev–Trinajstić information content (AvgIpc) is 2.58. The fraction of sp³-hybridized carbons (Fsp3) is 0.462. The zero-order valence-corrected chi connectivity index (χ0v) is 10.2. The summed E-state index contributed by atoms with van der Waals surface area (Å²) < 4.78 is 9.98. The fourth-order valence-corrected chi connectivity index (χ4v) is 2.14. The van der Waals surface area contributed by atoms with Crippen molar-refractivity contribution in [2.45, 2.75) is 18.9 Å². The number of hydrogen-bond acceptors (Lipinski definition) is 4. The molecule has 92 valence electrons. The lowest BCUT2D eigenvalue weighted by Crippen LogP contribution is -2.38. The predicted molar refractivity (Wildman–Crippen MR) is 64.2 cm³/mol. The summed E-state index contributed by atoms with van der Waals surface area (Å²) in [4.78, 5) is 11.5. The fourth-order valence-electron chi connectivity index (χ4n) is 2.14. The van der Waals surface area contributed by atoms with Gasteiger partial charge in [0.15, 0.2) is 0 Å². The monoisotopic (exact) mass is 235 g/mol. The van der Waals surface area contributed by atoms with Gasteiger partial charge < -0.3 is 14.8 Å². The van der Waals surface area contributed by atoms with Crippen LogP contribution in [0.4, 0.5) is 0 Å². The minimum atomic E-state index is -0.241. The van der Waals surface area contributed by atoms with Gasteiger partial charge >= 0.3 is 5.97 Å². The van der Waals surface area contributed by atoms with E-state index in [9.17, 15) is 4.79 Å². The largest absolute Gasteiger partial charge is 0.497 e. The maximum Gasteiger partial charge on any atom is 0.323 e. The van der Waals surface area contributed by atoms with Crippen LogP contribution < -0.4 is 10.1 Å². The maximum atomic E-state index is 11.5. The molecule has 1 atom stereocenters. The van der Waals surface area contributed by atoms with Crippen LogP contribution in [0.15, 0.2) is 18.2 Å². The topological polar surface area (TPSA) is 47.6 Å². The lowest BCUT2D eigenvalue weighted by molar-refractivity contribution is -0.143. The number of esters is 1. The second-order valence-corrected chi connectivity index (χ2v) is 4.12. The highest BCUT2D eigenvalue weighted by molar-refractivity contribution is 5.76. The quantitative estimate of drug-likeness (QED) is 0.775. The Morgan fingerprint density at radius 1 is 1.35 bits per heavy atom. The second kappa shape index (κ2) is 5.19. The SMILES string of the molecule is COC(=O)C1Cc2ccc(OC)cc2CCN1. The van der Waals surface area contributed by atoms with E-state index < -0.39 is 0 Å². The number of carbonyl (C=O) groups is 1. The first-order valence-corrected chi connectivity index (χ1v) is 5.71. The molecule has 1 N–H and O–H groups in total. The van der Waals surface area contributed by atoms with Gasteiger partial charge in [-0.3, -0.25) is 4.79 Å². The molecule has 0 saturated heterocycles. The Hall–Kier alpha value is -1.55. The highest BCUT2D eigenvalue weighted by Crippen LogP contribution is 2.21. The van der Waals surface area contributed by atoms with E-state index in [1.54, 1.807) is 7.11 Å². The van der Waals surface area contributed by atoms with Crippen LogP contribution in [0.2, 0.25) is 0 Å². The van der Waals surface area contributed by atoms with Crippen molar-refractivity contribution in [2.24, 2.45) is 0 Å². The molecular formula is C13H17NO3. The molecule has 0 radical (unpaired) electrons. The lowest BCUT2D eigenvalue weighted by Gasteiger charge is -2.13. The number of benzene rings is 1. The van der Waals surface area contributed by atoms with Gasteiger partial charge in [-0.15, -0.1) is 0 Å². The Bertz CT molecular complexity index is 417.